The summed E-state index contributed by atoms with van der Waals surface area (Å²) in [7, 11) is 1.64. The second kappa shape index (κ2) is 10.4. The van der Waals surface area contributed by atoms with E-state index in [0.717, 1.165) is 10.3 Å². The van der Waals surface area contributed by atoms with Gasteiger partial charge in [0, 0.05) is 31.9 Å². The molecule has 1 fully saturated rings. The zero-order valence-corrected chi connectivity index (χ0v) is 20.3. The zero-order chi connectivity index (χ0) is 25.1. The molecule has 184 valence electrons. The number of rotatable bonds is 6. The highest BCUT2D eigenvalue weighted by Crippen LogP contribution is 2.31. The van der Waals surface area contributed by atoms with Crippen LogP contribution in [0.3, 0.4) is 0 Å². The normalized spacial score (nSPS) is 18.6. The Morgan fingerprint density at radius 3 is 2.63 bits per heavy atom. The number of aromatic nitrogens is 3. The Morgan fingerprint density at radius 2 is 1.97 bits per heavy atom. The van der Waals surface area contributed by atoms with Crippen LogP contribution in [0.25, 0.3) is 11.1 Å². The van der Waals surface area contributed by atoms with Gasteiger partial charge in [0.2, 0.25) is 5.91 Å². The number of alkyl halides is 1. The Hall–Kier alpha value is -3.46. The molecule has 0 radical (unpaired) electrons. The lowest BCUT2D eigenvalue weighted by atomic mass is 9.82. The van der Waals surface area contributed by atoms with E-state index >= 15 is 0 Å². The van der Waals surface area contributed by atoms with E-state index in [4.69, 9.17) is 11.6 Å². The van der Waals surface area contributed by atoms with Crippen molar-refractivity contribution >= 4 is 29.1 Å². The number of aryl methyl sites for hydroxylation is 1. The third-order valence-electron chi connectivity index (χ3n) is 6.47. The molecule has 1 aliphatic rings. The van der Waals surface area contributed by atoms with E-state index in [1.807, 2.05) is 0 Å². The maximum atomic E-state index is 14.2. The largest absolute Gasteiger partial charge is 0.618 e. The minimum absolute atomic E-state index is 0.212. The summed E-state index contributed by atoms with van der Waals surface area (Å²) in [6.07, 6.45) is 3.82. The van der Waals surface area contributed by atoms with Crippen molar-refractivity contribution in [1.82, 2.24) is 15.1 Å². The SMILES string of the molecule is Cc1c(-c2ccc(NC(=O)C(NC(=O)c3ccnn3C)C3CCCC(F)C3)cc2)c(Cl)cc[n+]1[O-]. The maximum absolute atomic E-state index is 14.2. The number of pyridine rings is 1. The van der Waals surface area contributed by atoms with Crippen molar-refractivity contribution < 1.29 is 18.7 Å². The quantitative estimate of drug-likeness (QED) is 0.396. The van der Waals surface area contributed by atoms with Gasteiger partial charge in [0.05, 0.1) is 10.6 Å². The Kier molecular flexibility index (Phi) is 7.35. The first-order valence-corrected chi connectivity index (χ1v) is 11.8. The van der Waals surface area contributed by atoms with Crippen LogP contribution in [0.1, 0.15) is 41.9 Å². The Labute approximate surface area is 207 Å². The van der Waals surface area contributed by atoms with Gasteiger partial charge in [-0.05, 0) is 48.9 Å². The number of hydrogen-bond donors (Lipinski definition) is 2. The summed E-state index contributed by atoms with van der Waals surface area (Å²) in [6.45, 7) is 1.68. The second-order valence-electron chi connectivity index (χ2n) is 8.83. The van der Waals surface area contributed by atoms with Crippen LogP contribution in [0.2, 0.25) is 5.02 Å². The van der Waals surface area contributed by atoms with Crippen LogP contribution in [0.4, 0.5) is 10.1 Å². The van der Waals surface area contributed by atoms with Crippen molar-refractivity contribution in [2.45, 2.75) is 44.8 Å². The predicted octanol–water partition coefficient (Wildman–Crippen LogP) is 3.95. The molecule has 8 nitrogen and oxygen atoms in total. The number of hydrogen-bond acceptors (Lipinski definition) is 4. The number of nitrogens with one attached hydrogen (secondary N) is 2. The molecular weight excluding hydrogens is 473 g/mol. The lowest BCUT2D eigenvalue weighted by Crippen LogP contribution is -2.50. The van der Waals surface area contributed by atoms with Crippen LogP contribution in [0.5, 0.6) is 0 Å². The average Bonchev–Trinajstić information content (AvgIpc) is 3.27. The number of anilines is 1. The zero-order valence-electron chi connectivity index (χ0n) is 19.5. The molecule has 1 saturated carbocycles. The molecule has 3 unspecified atom stereocenters. The number of benzene rings is 1. The van der Waals surface area contributed by atoms with E-state index in [2.05, 4.69) is 15.7 Å². The summed E-state index contributed by atoms with van der Waals surface area (Å²) in [5.41, 5.74) is 2.62. The molecular formula is C25H27ClFN5O3. The Bertz CT molecular complexity index is 1230. The van der Waals surface area contributed by atoms with Gasteiger partial charge in [0.15, 0.2) is 11.9 Å². The molecule has 0 spiro atoms. The van der Waals surface area contributed by atoms with Crippen molar-refractivity contribution in [3.63, 3.8) is 0 Å². The van der Waals surface area contributed by atoms with E-state index in [1.54, 1.807) is 44.3 Å². The van der Waals surface area contributed by atoms with Crippen LogP contribution < -0.4 is 15.4 Å². The van der Waals surface area contributed by atoms with Crippen LogP contribution in [0, 0.1) is 18.0 Å². The van der Waals surface area contributed by atoms with E-state index in [0.29, 0.717) is 46.9 Å². The Morgan fingerprint density at radius 1 is 1.23 bits per heavy atom. The topological polar surface area (TPSA) is 103 Å². The fraction of sp³-hybridized carbons (Fsp3) is 0.360. The molecule has 3 aromatic rings. The smallest absolute Gasteiger partial charge is 0.270 e. The van der Waals surface area contributed by atoms with Gasteiger partial charge in [0.1, 0.15) is 17.9 Å². The van der Waals surface area contributed by atoms with Gasteiger partial charge in [-0.15, -0.1) is 0 Å². The summed E-state index contributed by atoms with van der Waals surface area (Å²) < 4.78 is 16.3. The number of nitrogens with zero attached hydrogens (tertiary/aromatic N) is 3. The van der Waals surface area contributed by atoms with Crippen molar-refractivity contribution in [3.8, 4) is 11.1 Å². The molecule has 1 aliphatic carbocycles. The summed E-state index contributed by atoms with van der Waals surface area (Å²) in [5.74, 6) is -1.19. The van der Waals surface area contributed by atoms with Crippen LogP contribution in [-0.2, 0) is 11.8 Å². The van der Waals surface area contributed by atoms with E-state index < -0.39 is 24.0 Å². The predicted molar refractivity (Wildman–Crippen MR) is 131 cm³/mol. The molecule has 2 amide bonds. The highest BCUT2D eigenvalue weighted by Gasteiger charge is 2.34. The standard InChI is InChI=1S/C25H27ClFN5O3/c1-15-22(20(26)11-13-32(15)35)16-6-8-19(9-7-16)29-25(34)23(17-4-3-5-18(27)14-17)30-24(33)21-10-12-28-31(21)2/h6-13,17-18,23H,3-5,14H2,1-2H3,(H,29,34)(H,30,33). The van der Waals surface area contributed by atoms with E-state index in [-0.39, 0.29) is 12.3 Å². The highest BCUT2D eigenvalue weighted by atomic mass is 35.5. The number of amides is 2. The first kappa shape index (κ1) is 24.7. The molecule has 10 heteroatoms. The summed E-state index contributed by atoms with van der Waals surface area (Å²) in [4.78, 5) is 26.1. The third-order valence-corrected chi connectivity index (χ3v) is 6.79. The minimum atomic E-state index is -1.00. The molecule has 0 aliphatic heterocycles. The summed E-state index contributed by atoms with van der Waals surface area (Å²) in [6, 6.07) is 9.10. The average molecular weight is 500 g/mol. The highest BCUT2D eigenvalue weighted by molar-refractivity contribution is 6.33. The second-order valence-corrected chi connectivity index (χ2v) is 9.24. The van der Waals surface area contributed by atoms with Crippen molar-refractivity contribution in [2.24, 2.45) is 13.0 Å². The minimum Gasteiger partial charge on any atom is -0.618 e. The molecule has 35 heavy (non-hydrogen) atoms. The fourth-order valence-corrected chi connectivity index (χ4v) is 4.88. The molecule has 1 aromatic carbocycles. The third kappa shape index (κ3) is 5.45. The maximum Gasteiger partial charge on any atom is 0.270 e. The molecule has 2 N–H and O–H groups in total. The van der Waals surface area contributed by atoms with Gasteiger partial charge >= 0.3 is 0 Å². The van der Waals surface area contributed by atoms with Crippen LogP contribution >= 0.6 is 11.6 Å². The Balaban J connectivity index is 1.54. The molecule has 2 aromatic heterocycles. The molecule has 3 atom stereocenters. The molecule has 4 rings (SSSR count). The number of halogens is 2. The van der Waals surface area contributed by atoms with Crippen molar-refractivity contribution in [2.75, 3.05) is 5.32 Å². The van der Waals surface area contributed by atoms with Gasteiger partial charge in [-0.2, -0.15) is 9.83 Å². The van der Waals surface area contributed by atoms with Gasteiger partial charge < -0.3 is 15.8 Å². The monoisotopic (exact) mass is 499 g/mol. The van der Waals surface area contributed by atoms with Gasteiger partial charge in [-0.3, -0.25) is 14.3 Å². The van der Waals surface area contributed by atoms with Gasteiger partial charge in [-0.1, -0.05) is 30.2 Å². The number of carbonyl (C=O) groups excluding carboxylic acids is 2. The molecule has 0 saturated heterocycles. The summed E-state index contributed by atoms with van der Waals surface area (Å²) in [5, 5.41) is 22.0. The van der Waals surface area contributed by atoms with Gasteiger partial charge in [-0.25, -0.2) is 4.39 Å². The van der Waals surface area contributed by atoms with Gasteiger partial charge in [0.25, 0.3) is 5.91 Å². The van der Waals surface area contributed by atoms with E-state index in [9.17, 15) is 19.2 Å². The lowest BCUT2D eigenvalue weighted by molar-refractivity contribution is -0.611. The first-order valence-electron chi connectivity index (χ1n) is 11.5. The first-order chi connectivity index (χ1) is 16.7. The summed E-state index contributed by atoms with van der Waals surface area (Å²) >= 11 is 6.30. The molecule has 0 bridgehead atoms. The van der Waals surface area contributed by atoms with Crippen molar-refractivity contribution in [3.05, 3.63) is 70.4 Å². The van der Waals surface area contributed by atoms with Crippen LogP contribution in [-0.4, -0.2) is 33.8 Å². The van der Waals surface area contributed by atoms with E-state index in [1.165, 1.54) is 23.1 Å². The number of carbonyl (C=O) groups is 2. The molecule has 2 heterocycles. The van der Waals surface area contributed by atoms with Crippen LogP contribution in [0.15, 0.2) is 48.8 Å². The lowest BCUT2D eigenvalue weighted by Gasteiger charge is -2.31. The van der Waals surface area contributed by atoms with Crippen molar-refractivity contribution in [1.29, 1.82) is 0 Å². The fourth-order valence-electron chi connectivity index (χ4n) is 4.58.